The van der Waals surface area contributed by atoms with Crippen LogP contribution in [0.4, 0.5) is 13.2 Å². The Balaban J connectivity index is 1.71. The fraction of sp³-hybridized carbons (Fsp3) is 0.120. The van der Waals surface area contributed by atoms with Gasteiger partial charge < -0.3 is 5.32 Å². The van der Waals surface area contributed by atoms with Crippen LogP contribution in [0.25, 0.3) is 5.57 Å². The highest BCUT2D eigenvalue weighted by atomic mass is 19.4. The fourth-order valence-corrected chi connectivity index (χ4v) is 3.74. The molecule has 156 valence electrons. The molecule has 0 spiro atoms. The van der Waals surface area contributed by atoms with E-state index in [4.69, 9.17) is 0 Å². The summed E-state index contributed by atoms with van der Waals surface area (Å²) in [4.78, 5) is 25.8. The van der Waals surface area contributed by atoms with Crippen molar-refractivity contribution in [2.45, 2.75) is 18.1 Å². The third kappa shape index (κ3) is 4.14. The number of amides is 1. The van der Waals surface area contributed by atoms with E-state index in [2.05, 4.69) is 5.32 Å². The molecule has 0 fully saturated rings. The number of rotatable bonds is 5. The van der Waals surface area contributed by atoms with Gasteiger partial charge in [-0.05, 0) is 29.3 Å². The summed E-state index contributed by atoms with van der Waals surface area (Å²) >= 11 is 0. The number of hydrogen-bond acceptors (Lipinski definition) is 2. The molecule has 1 atom stereocenters. The summed E-state index contributed by atoms with van der Waals surface area (Å²) < 4.78 is 38.5. The van der Waals surface area contributed by atoms with Crippen molar-refractivity contribution in [1.29, 1.82) is 0 Å². The summed E-state index contributed by atoms with van der Waals surface area (Å²) in [6.07, 6.45) is -2.86. The van der Waals surface area contributed by atoms with Crippen LogP contribution in [0.3, 0.4) is 0 Å². The molecule has 1 amide bonds. The number of halogens is 3. The molecular weight excluding hydrogens is 403 g/mol. The Bertz CT molecular complexity index is 1140. The van der Waals surface area contributed by atoms with Crippen molar-refractivity contribution in [2.24, 2.45) is 0 Å². The Morgan fingerprint density at radius 2 is 1.42 bits per heavy atom. The lowest BCUT2D eigenvalue weighted by Gasteiger charge is -2.28. The van der Waals surface area contributed by atoms with E-state index in [0.717, 1.165) is 23.3 Å². The topological polar surface area (TPSA) is 46.2 Å². The molecule has 1 unspecified atom stereocenters. The molecule has 4 rings (SSSR count). The minimum absolute atomic E-state index is 0.121. The highest BCUT2D eigenvalue weighted by Gasteiger charge is 2.41. The molecule has 1 aliphatic heterocycles. The van der Waals surface area contributed by atoms with Crippen LogP contribution in [0.2, 0.25) is 0 Å². The Hall–Kier alpha value is -3.67. The van der Waals surface area contributed by atoms with Crippen LogP contribution in [-0.4, -0.2) is 11.7 Å². The van der Waals surface area contributed by atoms with Gasteiger partial charge in [0.2, 0.25) is 0 Å². The van der Waals surface area contributed by atoms with Crippen molar-refractivity contribution in [2.75, 3.05) is 0 Å². The number of carbonyl (C=O) groups excluding carboxylic acids is 2. The third-order valence-corrected chi connectivity index (χ3v) is 5.32. The number of nitrogens with one attached hydrogen (secondary N) is 1. The summed E-state index contributed by atoms with van der Waals surface area (Å²) in [7, 11) is 0. The van der Waals surface area contributed by atoms with Gasteiger partial charge in [0.15, 0.2) is 5.78 Å². The maximum Gasteiger partial charge on any atom is 0.416 e. The van der Waals surface area contributed by atoms with Crippen molar-refractivity contribution < 1.29 is 22.8 Å². The van der Waals surface area contributed by atoms with E-state index < -0.39 is 17.3 Å². The number of benzene rings is 3. The van der Waals surface area contributed by atoms with Gasteiger partial charge in [-0.25, -0.2) is 0 Å². The van der Waals surface area contributed by atoms with Crippen LogP contribution in [-0.2, 0) is 16.5 Å². The smallest absolute Gasteiger partial charge is 0.338 e. The van der Waals surface area contributed by atoms with Gasteiger partial charge in [0, 0.05) is 17.6 Å². The van der Waals surface area contributed by atoms with Gasteiger partial charge in [0.1, 0.15) is 0 Å². The molecule has 1 N–H and O–H groups in total. The van der Waals surface area contributed by atoms with Crippen LogP contribution >= 0.6 is 0 Å². The zero-order valence-electron chi connectivity index (χ0n) is 16.3. The molecule has 3 aromatic carbocycles. The first-order chi connectivity index (χ1) is 14.8. The summed E-state index contributed by atoms with van der Waals surface area (Å²) in [6.45, 7) is 0. The van der Waals surface area contributed by atoms with Crippen LogP contribution in [0.1, 0.15) is 33.5 Å². The summed E-state index contributed by atoms with van der Waals surface area (Å²) in [5.41, 5.74) is 0.129. The predicted octanol–water partition coefficient (Wildman–Crippen LogP) is 5.39. The number of alkyl halides is 3. The molecule has 0 aromatic heterocycles. The Morgan fingerprint density at radius 3 is 2.00 bits per heavy atom. The summed E-state index contributed by atoms with van der Waals surface area (Å²) in [5.74, 6) is -0.682. The zero-order chi connectivity index (χ0) is 22.1. The molecule has 1 heterocycles. The van der Waals surface area contributed by atoms with Gasteiger partial charge in [-0.1, -0.05) is 72.8 Å². The molecule has 3 nitrogen and oxygen atoms in total. The van der Waals surface area contributed by atoms with Crippen LogP contribution < -0.4 is 5.32 Å². The van der Waals surface area contributed by atoms with E-state index in [0.29, 0.717) is 5.57 Å². The normalized spacial score (nSPS) is 18.4. The first-order valence-corrected chi connectivity index (χ1v) is 9.65. The molecule has 3 aromatic rings. The fourth-order valence-electron chi connectivity index (χ4n) is 3.74. The highest BCUT2D eigenvalue weighted by molar-refractivity contribution is 6.22. The zero-order valence-corrected chi connectivity index (χ0v) is 16.3. The Morgan fingerprint density at radius 1 is 0.839 bits per heavy atom. The SMILES string of the molecule is O=C1NC(CC(=O)c2ccc(C(F)(F)F)cc2)(c2ccccc2)C=C1c1ccccc1. The average molecular weight is 421 g/mol. The van der Waals surface area contributed by atoms with Gasteiger partial charge in [-0.3, -0.25) is 9.59 Å². The molecular formula is C25H18F3NO2. The molecule has 31 heavy (non-hydrogen) atoms. The van der Waals surface area contributed by atoms with E-state index in [1.165, 1.54) is 12.1 Å². The van der Waals surface area contributed by atoms with Crippen molar-refractivity contribution in [3.8, 4) is 0 Å². The summed E-state index contributed by atoms with van der Waals surface area (Å²) in [5, 5.41) is 2.94. The predicted molar refractivity (Wildman–Crippen MR) is 111 cm³/mol. The second kappa shape index (κ2) is 7.87. The van der Waals surface area contributed by atoms with Gasteiger partial charge in [0.25, 0.3) is 5.91 Å². The van der Waals surface area contributed by atoms with Crippen molar-refractivity contribution >= 4 is 17.3 Å². The van der Waals surface area contributed by atoms with E-state index in [1.807, 2.05) is 48.5 Å². The molecule has 0 saturated carbocycles. The highest BCUT2D eigenvalue weighted by Crippen LogP contribution is 2.37. The third-order valence-electron chi connectivity index (χ3n) is 5.32. The number of carbonyl (C=O) groups is 2. The van der Waals surface area contributed by atoms with E-state index >= 15 is 0 Å². The van der Waals surface area contributed by atoms with E-state index in [9.17, 15) is 22.8 Å². The minimum atomic E-state index is -4.47. The monoisotopic (exact) mass is 421 g/mol. The standard InChI is InChI=1S/C25H18F3NO2/c26-25(27,28)20-13-11-18(12-14-20)22(30)16-24(19-9-5-2-6-10-19)15-21(23(31)29-24)17-7-3-1-4-8-17/h1-15H,16H2,(H,29,31). The largest absolute Gasteiger partial charge is 0.416 e. The summed E-state index contributed by atoms with van der Waals surface area (Å²) in [6, 6.07) is 22.3. The molecule has 0 aliphatic carbocycles. The molecule has 0 bridgehead atoms. The van der Waals surface area contributed by atoms with Crippen LogP contribution in [0.5, 0.6) is 0 Å². The molecule has 0 saturated heterocycles. The Labute approximate surface area is 177 Å². The maximum absolute atomic E-state index is 13.0. The van der Waals surface area contributed by atoms with Gasteiger partial charge in [0.05, 0.1) is 11.1 Å². The second-order valence-electron chi connectivity index (χ2n) is 7.39. The molecule has 6 heteroatoms. The van der Waals surface area contributed by atoms with E-state index in [-0.39, 0.29) is 23.7 Å². The molecule has 0 radical (unpaired) electrons. The lowest BCUT2D eigenvalue weighted by molar-refractivity contribution is -0.137. The van der Waals surface area contributed by atoms with Crippen molar-refractivity contribution in [3.05, 3.63) is 113 Å². The number of hydrogen-bond donors (Lipinski definition) is 1. The van der Waals surface area contributed by atoms with Crippen molar-refractivity contribution in [3.63, 3.8) is 0 Å². The van der Waals surface area contributed by atoms with Crippen LogP contribution in [0.15, 0.2) is 91.0 Å². The van der Waals surface area contributed by atoms with Gasteiger partial charge >= 0.3 is 6.18 Å². The minimum Gasteiger partial charge on any atom is -0.338 e. The average Bonchev–Trinajstić information content (AvgIpc) is 3.11. The first kappa shape index (κ1) is 20.6. The lowest BCUT2D eigenvalue weighted by atomic mass is 9.83. The first-order valence-electron chi connectivity index (χ1n) is 9.65. The Kier molecular flexibility index (Phi) is 5.23. The number of Topliss-reactive ketones (excluding diaryl/α,β-unsaturated/α-hetero) is 1. The maximum atomic E-state index is 13.0. The molecule has 1 aliphatic rings. The quantitative estimate of drug-likeness (QED) is 0.562. The van der Waals surface area contributed by atoms with Crippen molar-refractivity contribution in [1.82, 2.24) is 5.32 Å². The lowest BCUT2D eigenvalue weighted by Crippen LogP contribution is -2.41. The van der Waals surface area contributed by atoms with E-state index in [1.54, 1.807) is 18.2 Å². The number of ketones is 1. The second-order valence-corrected chi connectivity index (χ2v) is 7.39. The van der Waals surface area contributed by atoms with Gasteiger partial charge in [-0.2, -0.15) is 13.2 Å². The van der Waals surface area contributed by atoms with Gasteiger partial charge in [-0.15, -0.1) is 0 Å². The van der Waals surface area contributed by atoms with Crippen LogP contribution in [0, 0.1) is 0 Å².